The number of amides is 1. The highest BCUT2D eigenvalue weighted by Gasteiger charge is 2.14. The summed E-state index contributed by atoms with van der Waals surface area (Å²) in [5.74, 6) is 0. The van der Waals surface area contributed by atoms with E-state index >= 15 is 0 Å². The van der Waals surface area contributed by atoms with E-state index in [0.29, 0.717) is 11.4 Å². The Hall–Kier alpha value is -2.15. The first kappa shape index (κ1) is 14.3. The minimum atomic E-state index is -0.604. The number of aromatic nitrogens is 2. The van der Waals surface area contributed by atoms with Crippen molar-refractivity contribution in [3.05, 3.63) is 41.2 Å². The Morgan fingerprint density at radius 1 is 1.25 bits per heavy atom. The molecule has 0 saturated carbocycles. The van der Waals surface area contributed by atoms with Gasteiger partial charge in [0, 0.05) is 11.9 Å². The van der Waals surface area contributed by atoms with Crippen molar-refractivity contribution in [3.8, 4) is 0 Å². The first-order valence-electron chi connectivity index (χ1n) is 6.00. The number of primary amides is 1. The fraction of sp³-hybridized carbons (Fsp3) is 0.231. The number of hydrogen-bond donors (Lipinski definition) is 1. The number of aryl methyl sites for hydroxylation is 2. The van der Waals surface area contributed by atoms with E-state index in [1.54, 1.807) is 13.8 Å². The minimum absolute atomic E-state index is 0.604. The second-order valence-corrected chi connectivity index (χ2v) is 5.11. The van der Waals surface area contributed by atoms with Crippen molar-refractivity contribution in [2.24, 2.45) is 15.4 Å². The summed E-state index contributed by atoms with van der Waals surface area (Å²) < 4.78 is 5.24. The maximum absolute atomic E-state index is 11.2. The van der Waals surface area contributed by atoms with Gasteiger partial charge in [-0.05, 0) is 32.9 Å². The van der Waals surface area contributed by atoms with Crippen LogP contribution in [0.15, 0.2) is 38.8 Å². The molecule has 0 unspecified atom stereocenters. The molecular weight excluding hydrogens is 274 g/mol. The van der Waals surface area contributed by atoms with Crippen LogP contribution in [0, 0.1) is 20.8 Å². The zero-order valence-electron chi connectivity index (χ0n) is 11.5. The molecule has 1 heterocycles. The van der Waals surface area contributed by atoms with E-state index in [4.69, 9.17) is 5.73 Å². The zero-order chi connectivity index (χ0) is 14.7. The summed E-state index contributed by atoms with van der Waals surface area (Å²) in [5, 5.41) is 8.18. The van der Waals surface area contributed by atoms with E-state index in [2.05, 4.69) is 14.7 Å². The monoisotopic (exact) mass is 289 g/mol. The second kappa shape index (κ2) is 5.87. The Kier molecular flexibility index (Phi) is 4.19. The van der Waals surface area contributed by atoms with Gasteiger partial charge in [0.1, 0.15) is 0 Å². The van der Waals surface area contributed by atoms with Crippen LogP contribution in [0.2, 0.25) is 0 Å². The van der Waals surface area contributed by atoms with Crippen molar-refractivity contribution in [2.75, 3.05) is 0 Å². The second-order valence-electron chi connectivity index (χ2n) is 4.36. The van der Waals surface area contributed by atoms with E-state index in [1.165, 1.54) is 22.2 Å². The van der Waals surface area contributed by atoms with E-state index in [9.17, 15) is 4.79 Å². The van der Waals surface area contributed by atoms with Gasteiger partial charge in [0.15, 0.2) is 0 Å². The molecule has 0 saturated heterocycles. The highest BCUT2D eigenvalue weighted by Crippen LogP contribution is 2.28. The van der Waals surface area contributed by atoms with Crippen LogP contribution >= 0.6 is 11.9 Å². The average molecular weight is 289 g/mol. The average Bonchev–Trinajstić information content (AvgIpc) is 2.69. The summed E-state index contributed by atoms with van der Waals surface area (Å²) in [6, 6.07) is 7.13. The Bertz CT molecular complexity index is 660. The first-order chi connectivity index (χ1) is 9.49. The molecule has 2 rings (SSSR count). The maximum Gasteiger partial charge on any atom is 0.339 e. The summed E-state index contributed by atoms with van der Waals surface area (Å²) >= 11 is 1.18. The normalized spacial score (nSPS) is 11.2. The zero-order valence-corrected chi connectivity index (χ0v) is 12.3. The Balaban J connectivity index is 2.15. The third kappa shape index (κ3) is 3.05. The van der Waals surface area contributed by atoms with Crippen LogP contribution in [0.4, 0.5) is 10.5 Å². The van der Waals surface area contributed by atoms with E-state index in [1.807, 2.05) is 31.2 Å². The van der Waals surface area contributed by atoms with E-state index < -0.39 is 6.03 Å². The Morgan fingerprint density at radius 2 is 1.90 bits per heavy atom. The van der Waals surface area contributed by atoms with Gasteiger partial charge in [0.25, 0.3) is 0 Å². The summed E-state index contributed by atoms with van der Waals surface area (Å²) in [7, 11) is 0. The number of carbonyl (C=O) groups excluding carboxylic acids is 1. The smallest absolute Gasteiger partial charge is 0.339 e. The molecule has 0 aliphatic heterocycles. The molecule has 20 heavy (non-hydrogen) atoms. The summed E-state index contributed by atoms with van der Waals surface area (Å²) in [6.45, 7) is 5.59. The third-order valence-electron chi connectivity index (χ3n) is 2.76. The Labute approximate surface area is 121 Å². The van der Waals surface area contributed by atoms with Gasteiger partial charge in [-0.3, -0.25) is 0 Å². The van der Waals surface area contributed by atoms with Gasteiger partial charge >= 0.3 is 6.03 Å². The van der Waals surface area contributed by atoms with Gasteiger partial charge in [-0.15, -0.1) is 9.63 Å². The molecule has 6 nitrogen and oxygen atoms in total. The van der Waals surface area contributed by atoms with Crippen molar-refractivity contribution in [1.82, 2.24) is 9.78 Å². The molecule has 1 aromatic carbocycles. The highest BCUT2D eigenvalue weighted by molar-refractivity contribution is 7.98. The fourth-order valence-electron chi connectivity index (χ4n) is 1.69. The molecule has 0 aliphatic carbocycles. The molecule has 1 aromatic heterocycles. The van der Waals surface area contributed by atoms with E-state index in [0.717, 1.165) is 10.6 Å². The van der Waals surface area contributed by atoms with Crippen LogP contribution in [0.25, 0.3) is 0 Å². The number of hydrogen-bond acceptors (Lipinski definition) is 5. The molecule has 0 radical (unpaired) electrons. The van der Waals surface area contributed by atoms with Gasteiger partial charge in [-0.1, -0.05) is 17.7 Å². The molecule has 2 aromatic rings. The Morgan fingerprint density at radius 3 is 2.45 bits per heavy atom. The van der Waals surface area contributed by atoms with Crippen molar-refractivity contribution < 1.29 is 4.79 Å². The van der Waals surface area contributed by atoms with Gasteiger partial charge in [0.05, 0.1) is 22.0 Å². The highest BCUT2D eigenvalue weighted by atomic mass is 32.2. The van der Waals surface area contributed by atoms with Crippen LogP contribution in [-0.4, -0.2) is 15.8 Å². The van der Waals surface area contributed by atoms with Crippen LogP contribution in [-0.2, 0) is 0 Å². The molecule has 2 N–H and O–H groups in total. The quantitative estimate of drug-likeness (QED) is 0.692. The molecule has 104 valence electrons. The van der Waals surface area contributed by atoms with Crippen molar-refractivity contribution in [3.63, 3.8) is 0 Å². The number of carbonyl (C=O) groups is 1. The predicted octanol–water partition coefficient (Wildman–Crippen LogP) is 3.53. The minimum Gasteiger partial charge on any atom is -0.350 e. The molecule has 7 heteroatoms. The SMILES string of the molecule is Cc1ccc(N=NSc2c(C)nn(C(N)=O)c2C)cc1. The summed E-state index contributed by atoms with van der Waals surface area (Å²) in [6.07, 6.45) is 0. The number of nitrogens with zero attached hydrogens (tertiary/aromatic N) is 4. The van der Waals surface area contributed by atoms with Gasteiger partial charge in [0.2, 0.25) is 0 Å². The number of rotatable bonds is 3. The van der Waals surface area contributed by atoms with Gasteiger partial charge < -0.3 is 5.73 Å². The summed E-state index contributed by atoms with van der Waals surface area (Å²) in [4.78, 5) is 12.0. The van der Waals surface area contributed by atoms with Crippen LogP contribution in [0.1, 0.15) is 17.0 Å². The lowest BCUT2D eigenvalue weighted by molar-refractivity contribution is 0.247. The van der Waals surface area contributed by atoms with Crippen LogP contribution in [0.5, 0.6) is 0 Å². The third-order valence-corrected chi connectivity index (χ3v) is 3.69. The van der Waals surface area contributed by atoms with Crippen molar-refractivity contribution >= 4 is 23.7 Å². The summed E-state index contributed by atoms with van der Waals surface area (Å²) in [5.41, 5.74) is 8.55. The van der Waals surface area contributed by atoms with Crippen molar-refractivity contribution in [2.45, 2.75) is 25.7 Å². The lowest BCUT2D eigenvalue weighted by Gasteiger charge is -1.97. The topological polar surface area (TPSA) is 85.6 Å². The maximum atomic E-state index is 11.2. The fourth-order valence-corrected chi connectivity index (χ4v) is 2.30. The lowest BCUT2D eigenvalue weighted by Crippen LogP contribution is -2.21. The van der Waals surface area contributed by atoms with Gasteiger partial charge in [-0.2, -0.15) is 9.78 Å². The van der Waals surface area contributed by atoms with Crippen LogP contribution < -0.4 is 5.73 Å². The number of nitrogens with two attached hydrogens (primary N) is 1. The van der Waals surface area contributed by atoms with Crippen molar-refractivity contribution in [1.29, 1.82) is 0 Å². The molecule has 0 spiro atoms. The number of benzene rings is 1. The molecule has 1 amide bonds. The molecule has 0 aliphatic rings. The molecule has 0 bridgehead atoms. The predicted molar refractivity (Wildman–Crippen MR) is 78.2 cm³/mol. The lowest BCUT2D eigenvalue weighted by atomic mass is 10.2. The first-order valence-corrected chi connectivity index (χ1v) is 6.77. The van der Waals surface area contributed by atoms with Crippen LogP contribution in [0.3, 0.4) is 0 Å². The standard InChI is InChI=1S/C13H15N5OS/c1-8-4-6-11(7-5-8)15-17-20-12-9(2)16-18(10(12)3)13(14)19/h4-7H,1-3H3,(H2,14,19). The molecular formula is C13H15N5OS. The largest absolute Gasteiger partial charge is 0.350 e. The van der Waals surface area contributed by atoms with Gasteiger partial charge in [-0.25, -0.2) is 4.79 Å². The molecule has 0 fully saturated rings. The van der Waals surface area contributed by atoms with E-state index in [-0.39, 0.29) is 0 Å². The molecule has 0 atom stereocenters.